The molecule has 0 spiro atoms. The van der Waals surface area contributed by atoms with Crippen LogP contribution < -0.4 is 10.5 Å². The highest BCUT2D eigenvalue weighted by molar-refractivity contribution is 7.80. The maximum absolute atomic E-state index is 5.75. The van der Waals surface area contributed by atoms with Gasteiger partial charge in [-0.05, 0) is 55.4 Å². The molecule has 1 atom stereocenters. The van der Waals surface area contributed by atoms with E-state index in [2.05, 4.69) is 39.8 Å². The van der Waals surface area contributed by atoms with E-state index in [4.69, 9.17) is 22.7 Å². The zero-order chi connectivity index (χ0) is 14.4. The summed E-state index contributed by atoms with van der Waals surface area (Å²) in [7, 11) is 0. The van der Waals surface area contributed by atoms with Gasteiger partial charge in [0.05, 0.1) is 11.6 Å². The molecule has 0 saturated carbocycles. The van der Waals surface area contributed by atoms with Gasteiger partial charge in [-0.15, -0.1) is 0 Å². The fraction of sp³-hybridized carbons (Fsp3) is 0.562. The second-order valence-corrected chi connectivity index (χ2v) is 5.83. The van der Waals surface area contributed by atoms with Crippen molar-refractivity contribution in [3.63, 3.8) is 0 Å². The van der Waals surface area contributed by atoms with Crippen molar-refractivity contribution in [1.29, 1.82) is 0 Å². The van der Waals surface area contributed by atoms with E-state index in [-0.39, 0.29) is 0 Å². The van der Waals surface area contributed by atoms with Crippen LogP contribution in [-0.2, 0) is 6.42 Å². The third-order valence-corrected chi connectivity index (χ3v) is 3.60. The first-order chi connectivity index (χ1) is 8.95. The van der Waals surface area contributed by atoms with Gasteiger partial charge in [-0.1, -0.05) is 32.1 Å². The van der Waals surface area contributed by atoms with Gasteiger partial charge < -0.3 is 10.5 Å². The van der Waals surface area contributed by atoms with Crippen LogP contribution in [-0.4, -0.2) is 11.6 Å². The monoisotopic (exact) mass is 279 g/mol. The number of ether oxygens (including phenoxy) is 1. The number of benzene rings is 1. The van der Waals surface area contributed by atoms with Crippen molar-refractivity contribution in [3.05, 3.63) is 28.8 Å². The second kappa shape index (κ2) is 7.49. The van der Waals surface area contributed by atoms with E-state index < -0.39 is 0 Å². The lowest BCUT2D eigenvalue weighted by Gasteiger charge is -2.17. The van der Waals surface area contributed by atoms with E-state index in [9.17, 15) is 0 Å². The number of rotatable bonds is 7. The molecule has 2 N–H and O–H groups in total. The summed E-state index contributed by atoms with van der Waals surface area (Å²) >= 11 is 4.97. The molecule has 0 radical (unpaired) electrons. The molecule has 0 heterocycles. The molecule has 19 heavy (non-hydrogen) atoms. The molecule has 0 bridgehead atoms. The number of hydrogen-bond donors (Lipinski definition) is 1. The van der Waals surface area contributed by atoms with Crippen molar-refractivity contribution in [2.24, 2.45) is 11.7 Å². The molecule has 106 valence electrons. The minimum atomic E-state index is 0.484. The predicted molar refractivity (Wildman–Crippen MR) is 86.0 cm³/mol. The van der Waals surface area contributed by atoms with Crippen LogP contribution in [0.1, 0.15) is 43.4 Å². The molecule has 3 heteroatoms. The van der Waals surface area contributed by atoms with E-state index in [0.717, 1.165) is 31.6 Å². The summed E-state index contributed by atoms with van der Waals surface area (Å²) in [5.41, 5.74) is 9.54. The van der Waals surface area contributed by atoms with Gasteiger partial charge in [-0.25, -0.2) is 0 Å². The Morgan fingerprint density at radius 1 is 1.32 bits per heavy atom. The molecule has 0 fully saturated rings. The van der Waals surface area contributed by atoms with Crippen LogP contribution in [0.4, 0.5) is 0 Å². The number of thiocarbonyl (C=S) groups is 1. The van der Waals surface area contributed by atoms with Gasteiger partial charge >= 0.3 is 0 Å². The van der Waals surface area contributed by atoms with Crippen LogP contribution in [0.15, 0.2) is 12.1 Å². The largest absolute Gasteiger partial charge is 0.493 e. The molecule has 0 saturated heterocycles. The Morgan fingerprint density at radius 3 is 2.58 bits per heavy atom. The molecular weight excluding hydrogens is 254 g/mol. The summed E-state index contributed by atoms with van der Waals surface area (Å²) < 4.78 is 5.75. The van der Waals surface area contributed by atoms with Gasteiger partial charge in [0.1, 0.15) is 5.75 Å². The molecule has 0 aromatic heterocycles. The van der Waals surface area contributed by atoms with Gasteiger partial charge in [0.2, 0.25) is 0 Å². The average molecular weight is 279 g/mol. The lowest BCUT2D eigenvalue weighted by molar-refractivity contribution is 0.315. The summed E-state index contributed by atoms with van der Waals surface area (Å²) in [4.78, 5) is 0.602. The van der Waals surface area contributed by atoms with Gasteiger partial charge in [0, 0.05) is 6.42 Å². The van der Waals surface area contributed by atoms with E-state index in [1.54, 1.807) is 0 Å². The minimum Gasteiger partial charge on any atom is -0.493 e. The molecule has 0 aliphatic rings. The fourth-order valence-corrected chi connectivity index (χ4v) is 2.52. The second-order valence-electron chi connectivity index (χ2n) is 5.30. The van der Waals surface area contributed by atoms with Gasteiger partial charge in [0.15, 0.2) is 0 Å². The number of nitrogens with two attached hydrogens (primary N) is 1. The standard InChI is InChI=1S/C16H25NOS/c1-5-8-18-15-7-6-14(12(3)13(15)4)9-11(2)10-16(17)19/h6-7,11H,5,8-10H2,1-4H3,(H2,17,19). The van der Waals surface area contributed by atoms with Gasteiger partial charge in [0.25, 0.3) is 0 Å². The van der Waals surface area contributed by atoms with Crippen LogP contribution in [0.3, 0.4) is 0 Å². The van der Waals surface area contributed by atoms with Crippen LogP contribution in [0, 0.1) is 19.8 Å². The van der Waals surface area contributed by atoms with Crippen molar-refractivity contribution in [2.45, 2.75) is 47.0 Å². The average Bonchev–Trinajstić information content (AvgIpc) is 2.33. The lowest BCUT2D eigenvalue weighted by Crippen LogP contribution is -2.14. The zero-order valence-electron chi connectivity index (χ0n) is 12.5. The van der Waals surface area contributed by atoms with Gasteiger partial charge in [-0.2, -0.15) is 0 Å². The molecule has 0 aliphatic heterocycles. The third-order valence-electron chi connectivity index (χ3n) is 3.43. The highest BCUT2D eigenvalue weighted by atomic mass is 32.1. The molecule has 2 nitrogen and oxygen atoms in total. The Labute approximate surface area is 122 Å². The van der Waals surface area contributed by atoms with Crippen molar-refractivity contribution in [3.8, 4) is 5.75 Å². The Morgan fingerprint density at radius 2 is 2.00 bits per heavy atom. The molecular formula is C16H25NOS. The maximum Gasteiger partial charge on any atom is 0.122 e. The lowest BCUT2D eigenvalue weighted by atomic mass is 9.93. The first-order valence-electron chi connectivity index (χ1n) is 6.95. The van der Waals surface area contributed by atoms with Crippen LogP contribution >= 0.6 is 12.2 Å². The topological polar surface area (TPSA) is 35.2 Å². The predicted octanol–water partition coefficient (Wildman–Crippen LogP) is 3.95. The van der Waals surface area contributed by atoms with Crippen LogP contribution in [0.5, 0.6) is 5.75 Å². The zero-order valence-corrected chi connectivity index (χ0v) is 13.3. The quantitative estimate of drug-likeness (QED) is 0.768. The van der Waals surface area contributed by atoms with E-state index in [1.807, 2.05) is 0 Å². The summed E-state index contributed by atoms with van der Waals surface area (Å²) in [6.45, 7) is 9.37. The first kappa shape index (κ1) is 16.0. The Hall–Kier alpha value is -1.09. The first-order valence-corrected chi connectivity index (χ1v) is 7.36. The van der Waals surface area contributed by atoms with Crippen molar-refractivity contribution < 1.29 is 4.74 Å². The molecule has 1 aromatic carbocycles. The fourth-order valence-electron chi connectivity index (χ4n) is 2.23. The van der Waals surface area contributed by atoms with Crippen molar-refractivity contribution in [1.82, 2.24) is 0 Å². The van der Waals surface area contributed by atoms with Gasteiger partial charge in [-0.3, -0.25) is 0 Å². The van der Waals surface area contributed by atoms with Crippen LogP contribution in [0.2, 0.25) is 0 Å². The molecule has 1 unspecified atom stereocenters. The summed E-state index contributed by atoms with van der Waals surface area (Å²) in [5.74, 6) is 1.49. The van der Waals surface area contributed by atoms with Crippen molar-refractivity contribution in [2.75, 3.05) is 6.61 Å². The SMILES string of the molecule is CCCOc1ccc(CC(C)CC(N)=S)c(C)c1C. The summed E-state index contributed by atoms with van der Waals surface area (Å²) in [6.07, 6.45) is 2.85. The van der Waals surface area contributed by atoms with E-state index in [0.29, 0.717) is 10.9 Å². The smallest absolute Gasteiger partial charge is 0.122 e. The van der Waals surface area contributed by atoms with Crippen molar-refractivity contribution >= 4 is 17.2 Å². The van der Waals surface area contributed by atoms with E-state index in [1.165, 1.54) is 16.7 Å². The van der Waals surface area contributed by atoms with E-state index >= 15 is 0 Å². The normalized spacial score (nSPS) is 12.2. The highest BCUT2D eigenvalue weighted by Gasteiger charge is 2.11. The third kappa shape index (κ3) is 4.83. The summed E-state index contributed by atoms with van der Waals surface area (Å²) in [5, 5.41) is 0. The molecule has 1 aromatic rings. The minimum absolute atomic E-state index is 0.484. The Kier molecular flexibility index (Phi) is 6.29. The highest BCUT2D eigenvalue weighted by Crippen LogP contribution is 2.26. The Bertz CT molecular complexity index is 443. The Balaban J connectivity index is 2.81. The molecule has 1 rings (SSSR count). The molecule has 0 aliphatic carbocycles. The maximum atomic E-state index is 5.75. The number of hydrogen-bond acceptors (Lipinski definition) is 2. The van der Waals surface area contributed by atoms with Crippen LogP contribution in [0.25, 0.3) is 0 Å². The summed E-state index contributed by atoms with van der Waals surface area (Å²) in [6, 6.07) is 4.25. The molecule has 0 amide bonds.